The van der Waals surface area contributed by atoms with Crippen LogP contribution in [0.2, 0.25) is 0 Å². The van der Waals surface area contributed by atoms with E-state index < -0.39 is 0 Å². The van der Waals surface area contributed by atoms with Crippen LogP contribution in [-0.2, 0) is 0 Å². The third-order valence-corrected chi connectivity index (χ3v) is 1.54. The van der Waals surface area contributed by atoms with E-state index in [0.29, 0.717) is 5.65 Å². The maximum absolute atomic E-state index is 12.7. The lowest BCUT2D eigenvalue weighted by Crippen LogP contribution is -1.88. The van der Waals surface area contributed by atoms with E-state index in [2.05, 4.69) is 10.2 Å². The Bertz CT molecular complexity index is 393. The highest BCUT2D eigenvalue weighted by Crippen LogP contribution is 2.07. The summed E-state index contributed by atoms with van der Waals surface area (Å²) in [4.78, 5) is 0. The molecule has 11 heavy (non-hydrogen) atoms. The summed E-state index contributed by atoms with van der Waals surface area (Å²) >= 11 is 0. The third kappa shape index (κ3) is 0.869. The molecular formula is C7H6FN3. The van der Waals surface area contributed by atoms with Crippen LogP contribution in [0.15, 0.2) is 18.6 Å². The summed E-state index contributed by atoms with van der Waals surface area (Å²) in [6.07, 6.45) is 2.83. The van der Waals surface area contributed by atoms with E-state index in [4.69, 9.17) is 0 Å². The lowest BCUT2D eigenvalue weighted by Gasteiger charge is -1.95. The van der Waals surface area contributed by atoms with Crippen LogP contribution in [-0.4, -0.2) is 14.6 Å². The molecule has 0 aliphatic carbocycles. The smallest absolute Gasteiger partial charge is 0.163 e. The number of hydrogen-bond donors (Lipinski definition) is 0. The van der Waals surface area contributed by atoms with Crippen molar-refractivity contribution in [3.63, 3.8) is 0 Å². The summed E-state index contributed by atoms with van der Waals surface area (Å²) in [7, 11) is 0. The van der Waals surface area contributed by atoms with Crippen molar-refractivity contribution in [3.05, 3.63) is 30.0 Å². The van der Waals surface area contributed by atoms with Crippen LogP contribution in [0.1, 0.15) is 5.56 Å². The molecule has 2 heterocycles. The molecule has 2 aromatic rings. The van der Waals surface area contributed by atoms with Crippen molar-refractivity contribution in [1.29, 1.82) is 0 Å². The van der Waals surface area contributed by atoms with E-state index in [1.807, 2.05) is 0 Å². The molecule has 0 saturated carbocycles. The summed E-state index contributed by atoms with van der Waals surface area (Å²) in [6, 6.07) is 1.43. The second-order valence-electron chi connectivity index (χ2n) is 2.40. The molecule has 0 N–H and O–H groups in total. The summed E-state index contributed by atoms with van der Waals surface area (Å²) < 4.78 is 14.3. The monoisotopic (exact) mass is 151 g/mol. The fourth-order valence-electron chi connectivity index (χ4n) is 1.06. The number of aryl methyl sites for hydroxylation is 1. The zero-order chi connectivity index (χ0) is 7.84. The highest BCUT2D eigenvalue weighted by atomic mass is 19.1. The molecule has 56 valence electrons. The molecule has 0 fully saturated rings. The van der Waals surface area contributed by atoms with Gasteiger partial charge in [-0.05, 0) is 18.6 Å². The van der Waals surface area contributed by atoms with Gasteiger partial charge < -0.3 is 0 Å². The molecule has 0 radical (unpaired) electrons. The molecule has 3 nitrogen and oxygen atoms in total. The quantitative estimate of drug-likeness (QED) is 0.565. The van der Waals surface area contributed by atoms with Gasteiger partial charge in [-0.15, -0.1) is 10.2 Å². The number of hydrogen-bond acceptors (Lipinski definition) is 2. The minimum absolute atomic E-state index is 0.269. The van der Waals surface area contributed by atoms with Gasteiger partial charge in [-0.1, -0.05) is 0 Å². The Balaban J connectivity index is 2.91. The predicted octanol–water partition coefficient (Wildman–Crippen LogP) is 1.18. The first kappa shape index (κ1) is 6.27. The molecule has 0 atom stereocenters. The molecule has 2 rings (SSSR count). The summed E-state index contributed by atoms with van der Waals surface area (Å²) in [6.45, 7) is 1.80. The van der Waals surface area contributed by atoms with Gasteiger partial charge in [0.1, 0.15) is 12.1 Å². The highest BCUT2D eigenvalue weighted by Gasteiger charge is 2.00. The Labute approximate surface area is 62.5 Å². The highest BCUT2D eigenvalue weighted by molar-refractivity contribution is 5.45. The van der Waals surface area contributed by atoms with Crippen LogP contribution in [0, 0.1) is 12.7 Å². The summed E-state index contributed by atoms with van der Waals surface area (Å²) in [5.74, 6) is -0.269. The van der Waals surface area contributed by atoms with Gasteiger partial charge in [-0.3, -0.25) is 4.40 Å². The van der Waals surface area contributed by atoms with Gasteiger partial charge >= 0.3 is 0 Å². The van der Waals surface area contributed by atoms with Gasteiger partial charge in [-0.2, -0.15) is 0 Å². The molecule has 0 aromatic carbocycles. The predicted molar refractivity (Wildman–Crippen MR) is 37.7 cm³/mol. The van der Waals surface area contributed by atoms with E-state index in [-0.39, 0.29) is 5.82 Å². The van der Waals surface area contributed by atoms with Crippen LogP contribution in [0.5, 0.6) is 0 Å². The van der Waals surface area contributed by atoms with Gasteiger partial charge in [0.25, 0.3) is 0 Å². The van der Waals surface area contributed by atoms with Crippen LogP contribution in [0.25, 0.3) is 5.65 Å². The van der Waals surface area contributed by atoms with Crippen molar-refractivity contribution in [2.45, 2.75) is 6.92 Å². The number of fused-ring (bicyclic) bond motifs is 1. The second kappa shape index (κ2) is 2.02. The average Bonchev–Trinajstić information content (AvgIpc) is 2.34. The Kier molecular flexibility index (Phi) is 1.15. The zero-order valence-corrected chi connectivity index (χ0v) is 5.95. The Morgan fingerprint density at radius 1 is 1.55 bits per heavy atom. The molecule has 4 heteroatoms. The van der Waals surface area contributed by atoms with Crippen LogP contribution >= 0.6 is 0 Å². The number of halogens is 1. The summed E-state index contributed by atoms with van der Waals surface area (Å²) in [5.41, 5.74) is 1.49. The van der Waals surface area contributed by atoms with Crippen molar-refractivity contribution < 1.29 is 4.39 Å². The first-order chi connectivity index (χ1) is 5.27. The molecule has 0 spiro atoms. The molecule has 0 unspecified atom stereocenters. The molecule has 0 aliphatic rings. The molecule has 0 bridgehead atoms. The number of rotatable bonds is 0. The fraction of sp³-hybridized carbons (Fsp3) is 0.143. The summed E-state index contributed by atoms with van der Waals surface area (Å²) in [5, 5.41) is 7.46. The lowest BCUT2D eigenvalue weighted by molar-refractivity contribution is 0.618. The van der Waals surface area contributed by atoms with E-state index >= 15 is 0 Å². The third-order valence-electron chi connectivity index (χ3n) is 1.54. The van der Waals surface area contributed by atoms with Gasteiger partial charge in [-0.25, -0.2) is 4.39 Å². The number of nitrogens with zero attached hydrogens (tertiary/aromatic N) is 3. The van der Waals surface area contributed by atoms with Crippen molar-refractivity contribution in [2.75, 3.05) is 0 Å². The van der Waals surface area contributed by atoms with Gasteiger partial charge in [0.2, 0.25) is 0 Å². The number of pyridine rings is 1. The number of aromatic nitrogens is 3. The Hall–Kier alpha value is -1.45. The van der Waals surface area contributed by atoms with Crippen molar-refractivity contribution in [2.24, 2.45) is 0 Å². The van der Waals surface area contributed by atoms with Crippen LogP contribution in [0.3, 0.4) is 0 Å². The van der Waals surface area contributed by atoms with Crippen LogP contribution in [0.4, 0.5) is 4.39 Å². The van der Waals surface area contributed by atoms with Gasteiger partial charge in [0.15, 0.2) is 5.65 Å². The molecule has 0 aliphatic heterocycles. The van der Waals surface area contributed by atoms with E-state index in [1.54, 1.807) is 11.3 Å². The standard InChI is InChI=1S/C7H6FN3/c1-5-2-6(8)3-11-4-9-10-7(5)11/h2-4H,1H3. The molecule has 2 aromatic heterocycles. The largest absolute Gasteiger partial charge is 0.286 e. The normalized spacial score (nSPS) is 10.7. The topological polar surface area (TPSA) is 30.2 Å². The van der Waals surface area contributed by atoms with Crippen molar-refractivity contribution in [3.8, 4) is 0 Å². The van der Waals surface area contributed by atoms with Crippen molar-refractivity contribution in [1.82, 2.24) is 14.6 Å². The molecule has 0 amide bonds. The molecular weight excluding hydrogens is 145 g/mol. The first-order valence-electron chi connectivity index (χ1n) is 3.23. The van der Waals surface area contributed by atoms with E-state index in [9.17, 15) is 4.39 Å². The Morgan fingerprint density at radius 3 is 3.18 bits per heavy atom. The second-order valence-corrected chi connectivity index (χ2v) is 2.40. The van der Waals surface area contributed by atoms with E-state index in [1.165, 1.54) is 18.6 Å². The molecule has 0 saturated heterocycles. The van der Waals surface area contributed by atoms with Crippen molar-refractivity contribution >= 4 is 5.65 Å². The first-order valence-corrected chi connectivity index (χ1v) is 3.23. The minimum atomic E-state index is -0.269. The Morgan fingerprint density at radius 2 is 2.36 bits per heavy atom. The minimum Gasteiger partial charge on any atom is -0.286 e. The maximum atomic E-state index is 12.7. The fourth-order valence-corrected chi connectivity index (χ4v) is 1.06. The average molecular weight is 151 g/mol. The van der Waals surface area contributed by atoms with Crippen LogP contribution < -0.4 is 0 Å². The van der Waals surface area contributed by atoms with Gasteiger partial charge in [0, 0.05) is 6.20 Å². The SMILES string of the molecule is Cc1cc(F)cn2cnnc12. The lowest BCUT2D eigenvalue weighted by atomic mass is 10.3. The van der Waals surface area contributed by atoms with E-state index in [0.717, 1.165) is 5.56 Å². The van der Waals surface area contributed by atoms with Gasteiger partial charge in [0.05, 0.1) is 0 Å². The zero-order valence-electron chi connectivity index (χ0n) is 5.95. The maximum Gasteiger partial charge on any atom is 0.163 e.